The quantitative estimate of drug-likeness (QED) is 0.121. The molecule has 1 fully saturated rings. The highest BCUT2D eigenvalue weighted by atomic mass is 16.3. The lowest BCUT2D eigenvalue weighted by Gasteiger charge is -2.50. The zero-order chi connectivity index (χ0) is 30.2. The Labute approximate surface area is 237 Å². The molecular weight excluding hydrogens is 532 g/mol. The smallest absolute Gasteiger partial charge is 0.255 e. The van der Waals surface area contributed by atoms with E-state index in [0.29, 0.717) is 12.1 Å². The van der Waals surface area contributed by atoms with Crippen LogP contribution in [0.5, 0.6) is 5.75 Å². The average molecular weight is 571 g/mol. The summed E-state index contributed by atoms with van der Waals surface area (Å²) in [6, 6.07) is 1.99. The highest BCUT2D eigenvalue weighted by Crippen LogP contribution is 2.53. The van der Waals surface area contributed by atoms with Crippen molar-refractivity contribution in [3.63, 3.8) is 0 Å². The topological polar surface area (TPSA) is 203 Å². The third kappa shape index (κ3) is 5.11. The van der Waals surface area contributed by atoms with Crippen molar-refractivity contribution in [2.45, 2.75) is 57.1 Å². The minimum Gasteiger partial charge on any atom is -0.508 e. The van der Waals surface area contributed by atoms with E-state index in [2.05, 4.69) is 17.6 Å². The third-order valence-corrected chi connectivity index (χ3v) is 8.36. The second kappa shape index (κ2) is 11.6. The number of aliphatic hydroxyl groups is 3. The van der Waals surface area contributed by atoms with Crippen molar-refractivity contribution in [3.8, 4) is 5.75 Å². The van der Waals surface area contributed by atoms with Crippen LogP contribution in [0.25, 0.3) is 5.76 Å². The SMILES string of the molecule is CCCCCCNCC(=O)Nc1ccc2c(c1O)C(O)=C1C(=O)[C@]3(O)C(O)=C(C(N)=O)C(=O)[C@@H](N(C)C)C3CC1C2. The second-order valence-electron chi connectivity index (χ2n) is 11.2. The molecule has 1 aromatic rings. The molecule has 4 atom stereocenters. The van der Waals surface area contributed by atoms with Gasteiger partial charge in [-0.3, -0.25) is 24.1 Å². The van der Waals surface area contributed by atoms with Crippen molar-refractivity contribution in [2.24, 2.45) is 17.6 Å². The van der Waals surface area contributed by atoms with Crippen LogP contribution in [-0.2, 0) is 25.6 Å². The van der Waals surface area contributed by atoms with Gasteiger partial charge in [-0.05, 0) is 57.5 Å². The van der Waals surface area contributed by atoms with E-state index in [4.69, 9.17) is 5.73 Å². The Morgan fingerprint density at radius 2 is 1.83 bits per heavy atom. The number of nitrogens with one attached hydrogen (secondary N) is 2. The molecule has 2 unspecified atom stereocenters. The number of Topliss-reactive ketones (excluding diaryl/α,β-unsaturated/α-hetero) is 2. The van der Waals surface area contributed by atoms with Crippen LogP contribution in [0.4, 0.5) is 5.69 Å². The molecule has 12 nitrogen and oxygen atoms in total. The number of carbonyl (C=O) groups excluding carboxylic acids is 4. The molecule has 3 aliphatic carbocycles. The number of anilines is 1. The zero-order valence-electron chi connectivity index (χ0n) is 23.5. The van der Waals surface area contributed by atoms with Gasteiger partial charge < -0.3 is 36.8 Å². The average Bonchev–Trinajstić information content (AvgIpc) is 2.89. The lowest BCUT2D eigenvalue weighted by atomic mass is 9.57. The van der Waals surface area contributed by atoms with E-state index < -0.39 is 69.7 Å². The largest absolute Gasteiger partial charge is 0.508 e. The van der Waals surface area contributed by atoms with Gasteiger partial charge in [0.25, 0.3) is 5.91 Å². The van der Waals surface area contributed by atoms with E-state index >= 15 is 0 Å². The van der Waals surface area contributed by atoms with Crippen LogP contribution in [0.15, 0.2) is 29.0 Å². The summed E-state index contributed by atoms with van der Waals surface area (Å²) in [5, 5.41) is 50.6. The molecule has 4 rings (SSSR count). The summed E-state index contributed by atoms with van der Waals surface area (Å²) in [5.41, 5.74) is 1.99. The molecule has 3 aliphatic rings. The first-order valence-corrected chi connectivity index (χ1v) is 13.9. The van der Waals surface area contributed by atoms with E-state index in [1.54, 1.807) is 20.2 Å². The number of likely N-dealkylation sites (N-methyl/N-ethyl adjacent to an activating group) is 1. The van der Waals surface area contributed by atoms with Crippen LogP contribution >= 0.6 is 0 Å². The number of unbranched alkanes of at least 4 members (excludes halogenated alkanes) is 3. The maximum atomic E-state index is 13.9. The molecular formula is C29H38N4O8. The number of ketones is 2. The molecule has 0 aromatic heterocycles. The molecule has 1 aromatic carbocycles. The molecule has 12 heteroatoms. The van der Waals surface area contributed by atoms with Gasteiger partial charge in [-0.25, -0.2) is 0 Å². The Morgan fingerprint density at radius 3 is 2.46 bits per heavy atom. The molecule has 0 saturated heterocycles. The molecule has 0 heterocycles. The number of rotatable bonds is 10. The number of hydrogen-bond acceptors (Lipinski definition) is 10. The van der Waals surface area contributed by atoms with Crippen molar-refractivity contribution < 1.29 is 39.6 Å². The van der Waals surface area contributed by atoms with Gasteiger partial charge in [0.05, 0.1) is 23.8 Å². The molecule has 41 heavy (non-hydrogen) atoms. The number of nitrogens with two attached hydrogens (primary N) is 1. The van der Waals surface area contributed by atoms with E-state index in [9.17, 15) is 39.6 Å². The van der Waals surface area contributed by atoms with Gasteiger partial charge in [0, 0.05) is 11.5 Å². The molecule has 0 radical (unpaired) electrons. The van der Waals surface area contributed by atoms with Crippen molar-refractivity contribution in [1.82, 2.24) is 10.2 Å². The number of hydrogen-bond donors (Lipinski definition) is 7. The minimum atomic E-state index is -2.70. The predicted molar refractivity (Wildman–Crippen MR) is 150 cm³/mol. The first kappa shape index (κ1) is 30.2. The fraction of sp³-hybridized carbons (Fsp3) is 0.517. The third-order valence-electron chi connectivity index (χ3n) is 8.36. The van der Waals surface area contributed by atoms with Gasteiger partial charge in [0.1, 0.15) is 22.8 Å². The summed E-state index contributed by atoms with van der Waals surface area (Å²) < 4.78 is 0. The van der Waals surface area contributed by atoms with Crippen molar-refractivity contribution in [3.05, 3.63) is 40.2 Å². The Balaban J connectivity index is 1.67. The zero-order valence-corrected chi connectivity index (χ0v) is 23.5. The highest BCUT2D eigenvalue weighted by Gasteiger charge is 2.64. The van der Waals surface area contributed by atoms with E-state index in [1.807, 2.05) is 0 Å². The number of primary amides is 1. The van der Waals surface area contributed by atoms with Crippen molar-refractivity contribution in [1.29, 1.82) is 0 Å². The number of fused-ring (bicyclic) bond motifs is 3. The van der Waals surface area contributed by atoms with Crippen LogP contribution in [0.3, 0.4) is 0 Å². The normalized spacial score (nSPS) is 25.6. The van der Waals surface area contributed by atoms with Gasteiger partial charge in [0.15, 0.2) is 11.4 Å². The van der Waals surface area contributed by atoms with E-state index in [-0.39, 0.29) is 36.2 Å². The Hall–Kier alpha value is -3.74. The van der Waals surface area contributed by atoms with Crippen LogP contribution < -0.4 is 16.4 Å². The lowest BCUT2D eigenvalue weighted by molar-refractivity contribution is -0.153. The standard InChI is InChI=1S/C29H38N4O8/c1-4-5-6-7-10-31-13-18(34)32-17-9-8-14-11-15-12-16-22(33(2)3)25(37)21(28(30)40)27(39)29(16,41)26(38)20(15)24(36)19(14)23(17)35/h8-9,15-16,22,31,35-36,39,41H,4-7,10-13H2,1-3H3,(H2,30,40)(H,32,34)/t15?,16?,22-,29-/m0/s1. The Bertz CT molecular complexity index is 1350. The summed E-state index contributed by atoms with van der Waals surface area (Å²) >= 11 is 0. The number of benzene rings is 1. The van der Waals surface area contributed by atoms with Crippen LogP contribution in [0.1, 0.15) is 50.2 Å². The maximum absolute atomic E-state index is 13.9. The van der Waals surface area contributed by atoms with Gasteiger partial charge in [0.2, 0.25) is 11.7 Å². The fourth-order valence-electron chi connectivity index (χ4n) is 6.39. The Kier molecular flexibility index (Phi) is 8.57. The van der Waals surface area contributed by atoms with E-state index in [1.165, 1.54) is 11.0 Å². The van der Waals surface area contributed by atoms with E-state index in [0.717, 1.165) is 25.7 Å². The summed E-state index contributed by atoms with van der Waals surface area (Å²) in [6.07, 6.45) is 4.41. The molecule has 222 valence electrons. The molecule has 2 amide bonds. The summed E-state index contributed by atoms with van der Waals surface area (Å²) in [6.45, 7) is 2.80. The number of carbonyl (C=O) groups is 4. The molecule has 8 N–H and O–H groups in total. The number of phenolic OH excluding ortho intramolecular Hbond substituents is 1. The molecule has 0 spiro atoms. The number of aromatic hydroxyl groups is 1. The maximum Gasteiger partial charge on any atom is 0.255 e. The number of aliphatic hydroxyl groups excluding tert-OH is 2. The monoisotopic (exact) mass is 570 g/mol. The van der Waals surface area contributed by atoms with Crippen molar-refractivity contribution >= 4 is 34.8 Å². The molecule has 0 bridgehead atoms. The van der Waals surface area contributed by atoms with Crippen molar-refractivity contribution in [2.75, 3.05) is 32.5 Å². The fourth-order valence-corrected chi connectivity index (χ4v) is 6.39. The molecule has 0 aliphatic heterocycles. The number of amides is 2. The van der Waals surface area contributed by atoms with Gasteiger partial charge in [-0.15, -0.1) is 0 Å². The van der Waals surface area contributed by atoms with Gasteiger partial charge in [-0.1, -0.05) is 32.3 Å². The van der Waals surface area contributed by atoms with Crippen LogP contribution in [0.2, 0.25) is 0 Å². The van der Waals surface area contributed by atoms with Crippen LogP contribution in [0, 0.1) is 11.8 Å². The first-order chi connectivity index (χ1) is 19.4. The van der Waals surface area contributed by atoms with Gasteiger partial charge in [-0.2, -0.15) is 0 Å². The summed E-state index contributed by atoms with van der Waals surface area (Å²) in [4.78, 5) is 53.0. The second-order valence-corrected chi connectivity index (χ2v) is 11.2. The number of phenols is 1. The Morgan fingerprint density at radius 1 is 1.12 bits per heavy atom. The number of nitrogens with zero attached hydrogens (tertiary/aromatic N) is 1. The predicted octanol–water partition coefficient (Wildman–Crippen LogP) is 1.07. The highest BCUT2D eigenvalue weighted by molar-refractivity contribution is 6.24. The summed E-state index contributed by atoms with van der Waals surface area (Å²) in [5.74, 6) is -7.57. The lowest BCUT2D eigenvalue weighted by Crippen LogP contribution is -2.65. The summed E-state index contributed by atoms with van der Waals surface area (Å²) in [7, 11) is 3.09. The van der Waals surface area contributed by atoms with Crippen LogP contribution in [-0.4, -0.2) is 87.5 Å². The van der Waals surface area contributed by atoms with Gasteiger partial charge >= 0.3 is 0 Å². The first-order valence-electron chi connectivity index (χ1n) is 13.9. The molecule has 1 saturated carbocycles. The minimum absolute atomic E-state index is 0.00887.